The van der Waals surface area contributed by atoms with Crippen molar-refractivity contribution in [2.24, 2.45) is 5.73 Å². The van der Waals surface area contributed by atoms with E-state index in [2.05, 4.69) is 9.47 Å². The zero-order valence-electron chi connectivity index (χ0n) is 14.8. The van der Waals surface area contributed by atoms with E-state index in [9.17, 15) is 19.2 Å². The minimum atomic E-state index is -1.25. The van der Waals surface area contributed by atoms with Crippen LogP contribution in [0, 0.1) is 0 Å². The van der Waals surface area contributed by atoms with Gasteiger partial charge in [-0.2, -0.15) is 0 Å². The van der Waals surface area contributed by atoms with E-state index >= 15 is 0 Å². The minimum absolute atomic E-state index is 0.177. The summed E-state index contributed by atoms with van der Waals surface area (Å²) in [5.41, 5.74) is 3.88. The van der Waals surface area contributed by atoms with Gasteiger partial charge < -0.3 is 24.7 Å². The second kappa shape index (κ2) is 8.62. The Morgan fingerprint density at radius 3 is 1.67 bits per heavy atom. The SMILES string of the molecule is CC(C)(C)OC(=O)OC(=O)CC[C@H](N)C(=O)OC(=O)OC(C)(C)C. The van der Waals surface area contributed by atoms with Crippen molar-refractivity contribution in [2.45, 2.75) is 71.6 Å². The van der Waals surface area contributed by atoms with Crippen LogP contribution >= 0.6 is 0 Å². The summed E-state index contributed by atoms with van der Waals surface area (Å²) < 4.78 is 18.4. The average Bonchev–Trinajstić information content (AvgIpc) is 2.30. The first kappa shape index (κ1) is 21.8. The van der Waals surface area contributed by atoms with Crippen molar-refractivity contribution >= 4 is 24.2 Å². The molecule has 138 valence electrons. The number of esters is 2. The molecule has 0 saturated carbocycles. The quantitative estimate of drug-likeness (QED) is 0.599. The number of nitrogens with two attached hydrogens (primary N) is 1. The molecule has 24 heavy (non-hydrogen) atoms. The number of carbonyl (C=O) groups is 4. The van der Waals surface area contributed by atoms with Crippen LogP contribution in [-0.2, 0) is 28.5 Å². The van der Waals surface area contributed by atoms with Gasteiger partial charge in [-0.3, -0.25) is 4.79 Å². The van der Waals surface area contributed by atoms with Crippen LogP contribution in [0.5, 0.6) is 0 Å². The van der Waals surface area contributed by atoms with Crippen LogP contribution in [0.2, 0.25) is 0 Å². The number of hydrogen-bond acceptors (Lipinski definition) is 9. The first-order chi connectivity index (χ1) is 10.7. The summed E-state index contributed by atoms with van der Waals surface area (Å²) >= 11 is 0. The van der Waals surface area contributed by atoms with E-state index in [-0.39, 0.29) is 12.8 Å². The Bertz CT molecular complexity index is 487. The van der Waals surface area contributed by atoms with Crippen molar-refractivity contribution in [2.75, 3.05) is 0 Å². The van der Waals surface area contributed by atoms with E-state index in [4.69, 9.17) is 15.2 Å². The Balaban J connectivity index is 4.22. The molecule has 0 bridgehead atoms. The molecule has 0 heterocycles. The Morgan fingerprint density at radius 2 is 1.25 bits per heavy atom. The zero-order chi connectivity index (χ0) is 19.1. The summed E-state index contributed by atoms with van der Waals surface area (Å²) in [4.78, 5) is 45.6. The fourth-order valence-electron chi connectivity index (χ4n) is 1.23. The van der Waals surface area contributed by atoms with Crippen LogP contribution in [0.1, 0.15) is 54.4 Å². The Labute approximate surface area is 140 Å². The lowest BCUT2D eigenvalue weighted by Crippen LogP contribution is -2.36. The van der Waals surface area contributed by atoms with Gasteiger partial charge in [-0.05, 0) is 48.0 Å². The molecule has 0 aromatic heterocycles. The van der Waals surface area contributed by atoms with Crippen molar-refractivity contribution in [1.29, 1.82) is 0 Å². The summed E-state index contributed by atoms with van der Waals surface area (Å²) in [5, 5.41) is 0. The van der Waals surface area contributed by atoms with Gasteiger partial charge in [0.25, 0.3) is 0 Å². The summed E-state index contributed by atoms with van der Waals surface area (Å²) in [7, 11) is 0. The van der Waals surface area contributed by atoms with E-state index in [1.807, 2.05) is 0 Å². The molecule has 0 rings (SSSR count). The summed E-state index contributed by atoms with van der Waals surface area (Å²) in [6.07, 6.45) is -2.83. The summed E-state index contributed by atoms with van der Waals surface area (Å²) in [6.45, 7) is 9.64. The fourth-order valence-corrected chi connectivity index (χ4v) is 1.23. The van der Waals surface area contributed by atoms with Gasteiger partial charge in [0, 0.05) is 6.42 Å². The highest BCUT2D eigenvalue weighted by Crippen LogP contribution is 2.10. The molecular weight excluding hydrogens is 322 g/mol. The van der Waals surface area contributed by atoms with E-state index in [1.165, 1.54) is 0 Å². The maximum atomic E-state index is 11.6. The van der Waals surface area contributed by atoms with Crippen LogP contribution < -0.4 is 5.73 Å². The second-order valence-electron chi connectivity index (χ2n) is 6.97. The first-order valence-electron chi connectivity index (χ1n) is 7.33. The van der Waals surface area contributed by atoms with Crippen molar-refractivity contribution in [3.8, 4) is 0 Å². The third-order valence-electron chi connectivity index (χ3n) is 2.12. The molecular formula is C15H25NO8. The predicted octanol–water partition coefficient (Wildman–Crippen LogP) is 2.05. The first-order valence-corrected chi connectivity index (χ1v) is 7.33. The topological polar surface area (TPSA) is 131 Å². The molecule has 0 saturated heterocycles. The van der Waals surface area contributed by atoms with Gasteiger partial charge in [0.1, 0.15) is 17.2 Å². The van der Waals surface area contributed by atoms with Gasteiger partial charge in [-0.15, -0.1) is 0 Å². The number of ether oxygens (including phenoxy) is 4. The van der Waals surface area contributed by atoms with Crippen LogP contribution in [0.4, 0.5) is 9.59 Å². The van der Waals surface area contributed by atoms with Crippen LogP contribution in [0.3, 0.4) is 0 Å². The fraction of sp³-hybridized carbons (Fsp3) is 0.733. The molecule has 9 nitrogen and oxygen atoms in total. The van der Waals surface area contributed by atoms with Gasteiger partial charge in [0.05, 0.1) is 0 Å². The molecule has 0 aliphatic rings. The second-order valence-corrected chi connectivity index (χ2v) is 6.97. The third kappa shape index (κ3) is 11.4. The third-order valence-corrected chi connectivity index (χ3v) is 2.12. The predicted molar refractivity (Wildman–Crippen MR) is 81.9 cm³/mol. The molecule has 1 atom stereocenters. The summed E-state index contributed by atoms with van der Waals surface area (Å²) in [6, 6.07) is -1.25. The van der Waals surface area contributed by atoms with Gasteiger partial charge >= 0.3 is 24.2 Å². The maximum Gasteiger partial charge on any atom is 0.516 e. The van der Waals surface area contributed by atoms with Crippen LogP contribution in [0.25, 0.3) is 0 Å². The number of hydrogen-bond donors (Lipinski definition) is 1. The van der Waals surface area contributed by atoms with E-state index in [0.29, 0.717) is 0 Å². The van der Waals surface area contributed by atoms with E-state index < -0.39 is 41.5 Å². The van der Waals surface area contributed by atoms with Crippen LogP contribution in [-0.4, -0.2) is 41.5 Å². The minimum Gasteiger partial charge on any atom is -0.428 e. The normalized spacial score (nSPS) is 12.8. The lowest BCUT2D eigenvalue weighted by molar-refractivity contribution is -0.144. The van der Waals surface area contributed by atoms with E-state index in [0.717, 1.165) is 0 Å². The Kier molecular flexibility index (Phi) is 7.85. The highest BCUT2D eigenvalue weighted by Gasteiger charge is 2.25. The average molecular weight is 347 g/mol. The van der Waals surface area contributed by atoms with Crippen molar-refractivity contribution < 1.29 is 38.1 Å². The summed E-state index contributed by atoms with van der Waals surface area (Å²) in [5.74, 6) is -1.96. The van der Waals surface area contributed by atoms with Gasteiger partial charge in [0.15, 0.2) is 0 Å². The maximum absolute atomic E-state index is 11.6. The monoisotopic (exact) mass is 347 g/mol. The lowest BCUT2D eigenvalue weighted by atomic mass is 10.2. The van der Waals surface area contributed by atoms with Gasteiger partial charge in [0.2, 0.25) is 0 Å². The number of rotatable bonds is 4. The number of carbonyl (C=O) groups excluding carboxylic acids is 4. The van der Waals surface area contributed by atoms with Crippen molar-refractivity contribution in [1.82, 2.24) is 0 Å². The standard InChI is InChI=1S/C15H25NO8/c1-14(2,3)23-12(19)21-10(17)8-7-9(16)11(18)22-13(20)24-15(4,5)6/h9H,7-8,16H2,1-6H3/t9-/m0/s1. The van der Waals surface area contributed by atoms with Gasteiger partial charge in [-0.1, -0.05) is 0 Å². The molecule has 9 heteroatoms. The molecule has 0 amide bonds. The Hall–Kier alpha value is -2.16. The highest BCUT2D eigenvalue weighted by molar-refractivity contribution is 5.86. The molecule has 0 aliphatic carbocycles. The van der Waals surface area contributed by atoms with Crippen molar-refractivity contribution in [3.63, 3.8) is 0 Å². The smallest absolute Gasteiger partial charge is 0.428 e. The highest BCUT2D eigenvalue weighted by atomic mass is 16.8. The largest absolute Gasteiger partial charge is 0.516 e. The van der Waals surface area contributed by atoms with Gasteiger partial charge in [-0.25, -0.2) is 14.4 Å². The van der Waals surface area contributed by atoms with Crippen LogP contribution in [0.15, 0.2) is 0 Å². The molecule has 2 N–H and O–H groups in total. The molecule has 0 fully saturated rings. The van der Waals surface area contributed by atoms with Crippen molar-refractivity contribution in [3.05, 3.63) is 0 Å². The molecule has 0 aromatic carbocycles. The molecule has 0 aromatic rings. The molecule has 0 spiro atoms. The molecule has 0 aliphatic heterocycles. The van der Waals surface area contributed by atoms with E-state index in [1.54, 1.807) is 41.5 Å². The Morgan fingerprint density at radius 1 is 0.833 bits per heavy atom. The lowest BCUT2D eigenvalue weighted by Gasteiger charge is -2.19. The molecule has 0 unspecified atom stereocenters. The molecule has 0 radical (unpaired) electrons. The zero-order valence-corrected chi connectivity index (χ0v) is 14.8.